The topological polar surface area (TPSA) is 9.23 Å². The minimum atomic E-state index is -6.23. The molecule has 0 amide bonds. The number of alkyl halides is 7. The van der Waals surface area contributed by atoms with E-state index in [1.54, 1.807) is 0 Å². The first-order chi connectivity index (χ1) is 6.95. The van der Waals surface area contributed by atoms with Crippen LogP contribution in [0.1, 0.15) is 6.42 Å². The molecule has 0 fully saturated rings. The van der Waals surface area contributed by atoms with Gasteiger partial charge in [-0.15, -0.1) is 0 Å². The summed E-state index contributed by atoms with van der Waals surface area (Å²) in [5.41, 5.74) is 0. The van der Waals surface area contributed by atoms with Crippen molar-refractivity contribution in [1.29, 1.82) is 0 Å². The predicted molar refractivity (Wildman–Crippen MR) is 49.4 cm³/mol. The average Bonchev–Trinajstić information content (AvgIpc) is 2.12. The molecule has 1 unspecified atom stereocenters. The van der Waals surface area contributed by atoms with Gasteiger partial charge in [0.25, 0.3) is 0 Å². The second-order valence-electron chi connectivity index (χ2n) is 3.36. The summed E-state index contributed by atoms with van der Waals surface area (Å²) in [5.74, 6) is -11.1. The summed E-state index contributed by atoms with van der Waals surface area (Å²) in [5, 5.41) is 0. The average molecular weight is 288 g/mol. The van der Waals surface area contributed by atoms with E-state index in [0.29, 0.717) is 0 Å². The van der Waals surface area contributed by atoms with E-state index in [0.717, 1.165) is 0 Å². The highest BCUT2D eigenvalue weighted by Crippen LogP contribution is 2.48. The highest BCUT2D eigenvalue weighted by atomic mass is 28.3. The van der Waals surface area contributed by atoms with Gasteiger partial charge in [-0.2, -0.15) is 30.7 Å². The van der Waals surface area contributed by atoms with Gasteiger partial charge in [0, 0.05) is 6.42 Å². The molecule has 16 heavy (non-hydrogen) atoms. The van der Waals surface area contributed by atoms with E-state index in [9.17, 15) is 30.7 Å². The fourth-order valence-electron chi connectivity index (χ4n) is 0.867. The SMILES string of the molecule is C[SiH](CCC(F)(F)C(F)(F)C(F)(F)F)O[SiH3]. The van der Waals surface area contributed by atoms with Gasteiger partial charge in [0.1, 0.15) is 10.5 Å². The molecule has 0 aromatic carbocycles. The van der Waals surface area contributed by atoms with E-state index in [2.05, 4.69) is 0 Å². The third-order valence-electron chi connectivity index (χ3n) is 2.08. The van der Waals surface area contributed by atoms with Crippen LogP contribution >= 0.6 is 0 Å². The molecule has 0 aliphatic heterocycles. The summed E-state index contributed by atoms with van der Waals surface area (Å²) in [6, 6.07) is -0.415. The van der Waals surface area contributed by atoms with Crippen LogP contribution in [0.4, 0.5) is 30.7 Å². The number of hydrogen-bond acceptors (Lipinski definition) is 1. The van der Waals surface area contributed by atoms with Crippen LogP contribution in [-0.4, -0.2) is 37.5 Å². The van der Waals surface area contributed by atoms with Gasteiger partial charge in [0.05, 0.1) is 0 Å². The van der Waals surface area contributed by atoms with E-state index in [1.807, 2.05) is 0 Å². The van der Waals surface area contributed by atoms with Crippen LogP contribution in [0, 0.1) is 0 Å². The third kappa shape index (κ3) is 3.45. The summed E-state index contributed by atoms with van der Waals surface area (Å²) >= 11 is 0. The van der Waals surface area contributed by atoms with Crippen LogP contribution in [0.2, 0.25) is 12.6 Å². The van der Waals surface area contributed by atoms with E-state index in [1.165, 1.54) is 6.55 Å². The van der Waals surface area contributed by atoms with Crippen molar-refractivity contribution in [2.75, 3.05) is 0 Å². The Morgan fingerprint density at radius 2 is 1.50 bits per heavy atom. The van der Waals surface area contributed by atoms with Crippen LogP contribution in [0.25, 0.3) is 0 Å². The molecule has 0 aliphatic carbocycles. The van der Waals surface area contributed by atoms with Gasteiger partial charge in [0.2, 0.25) is 0 Å². The molecule has 10 heteroatoms. The monoisotopic (exact) mass is 288 g/mol. The van der Waals surface area contributed by atoms with E-state index < -0.39 is 39.5 Å². The van der Waals surface area contributed by atoms with E-state index in [4.69, 9.17) is 4.12 Å². The Morgan fingerprint density at radius 1 is 1.06 bits per heavy atom. The van der Waals surface area contributed by atoms with Crippen molar-refractivity contribution in [3.05, 3.63) is 0 Å². The number of halogens is 7. The second kappa shape index (κ2) is 5.04. The summed E-state index contributed by atoms with van der Waals surface area (Å²) in [4.78, 5) is 0. The van der Waals surface area contributed by atoms with Crippen LogP contribution in [0.15, 0.2) is 0 Å². The van der Waals surface area contributed by atoms with Crippen LogP contribution in [0.5, 0.6) is 0 Å². The molecule has 0 N–H and O–H groups in total. The molecular weight excluding hydrogens is 277 g/mol. The Morgan fingerprint density at radius 3 is 1.81 bits per heavy atom. The maximum atomic E-state index is 12.7. The fraction of sp³-hybridized carbons (Fsp3) is 1.00. The number of hydrogen-bond donors (Lipinski definition) is 0. The maximum Gasteiger partial charge on any atom is 0.459 e. The van der Waals surface area contributed by atoms with Gasteiger partial charge in [-0.05, 0) is 12.6 Å². The molecule has 0 saturated heterocycles. The van der Waals surface area contributed by atoms with Crippen LogP contribution in [-0.2, 0) is 4.12 Å². The smallest absolute Gasteiger partial charge is 0.459 e. The minimum absolute atomic E-state index is 0.261. The fourth-order valence-corrected chi connectivity index (χ4v) is 2.58. The highest BCUT2D eigenvalue weighted by Gasteiger charge is 2.72. The molecule has 0 rings (SSSR count). The molecule has 1 atom stereocenters. The molecule has 0 aliphatic rings. The molecule has 0 bridgehead atoms. The van der Waals surface area contributed by atoms with Gasteiger partial charge < -0.3 is 4.12 Å². The first-order valence-corrected chi connectivity index (χ1v) is 7.57. The summed E-state index contributed by atoms with van der Waals surface area (Å²) in [6.07, 6.45) is -7.74. The van der Waals surface area contributed by atoms with Gasteiger partial charge in [-0.1, -0.05) is 0 Å². The van der Waals surface area contributed by atoms with Crippen molar-refractivity contribution in [1.82, 2.24) is 0 Å². The normalized spacial score (nSPS) is 16.5. The standard InChI is InChI=1S/C6H11F7OSi2/c1-16(14-15)3-2-4(7,8)5(9,10)6(11,12)13/h16H,2-3H2,1,15H3. The number of rotatable bonds is 5. The Kier molecular flexibility index (Phi) is 5.01. The van der Waals surface area contributed by atoms with Crippen molar-refractivity contribution in [2.24, 2.45) is 0 Å². The lowest BCUT2D eigenvalue weighted by Crippen LogP contribution is -2.52. The molecule has 0 spiro atoms. The third-order valence-corrected chi connectivity index (χ3v) is 6.40. The summed E-state index contributed by atoms with van der Waals surface area (Å²) in [7, 11) is -1.76. The van der Waals surface area contributed by atoms with Crippen molar-refractivity contribution >= 4 is 19.5 Å². The van der Waals surface area contributed by atoms with Crippen LogP contribution in [0.3, 0.4) is 0 Å². The largest absolute Gasteiger partial charge is 0.466 e. The molecular formula is C6H11F7OSi2. The Bertz CT molecular complexity index is 229. The highest BCUT2D eigenvalue weighted by molar-refractivity contribution is 6.54. The molecule has 98 valence electrons. The lowest BCUT2D eigenvalue weighted by molar-refractivity contribution is -0.354. The molecule has 0 aromatic heterocycles. The second-order valence-corrected chi connectivity index (χ2v) is 7.45. The Balaban J connectivity index is 4.65. The molecule has 0 aromatic rings. The zero-order valence-corrected chi connectivity index (χ0v) is 11.7. The van der Waals surface area contributed by atoms with Gasteiger partial charge in [-0.3, -0.25) is 0 Å². The first-order valence-electron chi connectivity index (χ1n) is 4.31. The summed E-state index contributed by atoms with van der Waals surface area (Å²) in [6.45, 7) is 1.47. The first kappa shape index (κ1) is 15.9. The molecule has 1 nitrogen and oxygen atoms in total. The lowest BCUT2D eigenvalue weighted by Gasteiger charge is -2.28. The summed E-state index contributed by atoms with van der Waals surface area (Å²) < 4.78 is 90.0. The van der Waals surface area contributed by atoms with Crippen molar-refractivity contribution < 1.29 is 34.8 Å². The maximum absolute atomic E-state index is 12.7. The Labute approximate surface area is 92.2 Å². The van der Waals surface area contributed by atoms with Crippen LogP contribution < -0.4 is 0 Å². The molecule has 0 saturated carbocycles. The molecule has 0 heterocycles. The van der Waals surface area contributed by atoms with Crippen molar-refractivity contribution in [2.45, 2.75) is 37.0 Å². The quantitative estimate of drug-likeness (QED) is 0.554. The zero-order chi connectivity index (χ0) is 13.2. The van der Waals surface area contributed by atoms with Gasteiger partial charge in [-0.25, -0.2) is 0 Å². The lowest BCUT2D eigenvalue weighted by atomic mass is 10.1. The van der Waals surface area contributed by atoms with Gasteiger partial charge in [0.15, 0.2) is 9.04 Å². The Hall–Kier alpha value is -0.0962. The van der Waals surface area contributed by atoms with Gasteiger partial charge >= 0.3 is 18.0 Å². The van der Waals surface area contributed by atoms with Crippen molar-refractivity contribution in [3.63, 3.8) is 0 Å². The van der Waals surface area contributed by atoms with E-state index >= 15 is 0 Å². The van der Waals surface area contributed by atoms with E-state index in [-0.39, 0.29) is 10.5 Å². The zero-order valence-electron chi connectivity index (χ0n) is 8.55. The minimum Gasteiger partial charge on any atom is -0.466 e. The van der Waals surface area contributed by atoms with Crippen molar-refractivity contribution in [3.8, 4) is 0 Å². The molecule has 0 radical (unpaired) electrons. The predicted octanol–water partition coefficient (Wildman–Crippen LogP) is 1.86.